The van der Waals surface area contributed by atoms with E-state index in [0.29, 0.717) is 5.56 Å². The van der Waals surface area contributed by atoms with Gasteiger partial charge in [0.05, 0.1) is 20.8 Å². The zero-order valence-corrected chi connectivity index (χ0v) is 22.4. The van der Waals surface area contributed by atoms with Gasteiger partial charge in [0.2, 0.25) is 11.9 Å². The first-order valence-electron chi connectivity index (χ1n) is 12.0. The third kappa shape index (κ3) is 6.91. The number of alkyl halides is 3. The van der Waals surface area contributed by atoms with Gasteiger partial charge in [-0.2, -0.15) is 18.2 Å². The number of nitrogens with two attached hydrogens (primary N) is 1. The van der Waals surface area contributed by atoms with E-state index in [-0.39, 0.29) is 85.1 Å². The normalized spacial score (nSPS) is 14.6. The predicted octanol–water partition coefficient (Wildman–Crippen LogP) is 3.86. The number of rotatable bonds is 8. The number of carbonyl (C=O) groups excluding carboxylic acids is 1. The van der Waals surface area contributed by atoms with E-state index in [4.69, 9.17) is 15.2 Å². The number of fused-ring (bicyclic) bond motifs is 1. The Kier molecular flexibility index (Phi) is 9.79. The first-order valence-corrected chi connectivity index (χ1v) is 12.0. The number of nitrogens with zero attached hydrogens (tertiary/aromatic N) is 4. The molecule has 0 radical (unpaired) electrons. The number of nitrogen functional groups attached to an aromatic ring is 1. The van der Waals surface area contributed by atoms with Gasteiger partial charge in [-0.15, -0.1) is 12.4 Å². The standard InChI is InChI=1S/C25H27F5N6O3.ClH/c1-38-18-11-16-21(20(27)22(18)39-2)33-24(34-23(16)31)36-9-7-35(8-10-36)19(37)12-17(32-13-25(28,29)30)14-3-5-15(26)6-4-14;/h3-6,11,17,32H,7-10,12-13H2,1-2H3,(H2,31,33,34);1H. The fraction of sp³-hybridized carbons (Fsp3) is 0.400. The number of hydrogen-bond donors (Lipinski definition) is 2. The molecule has 9 nitrogen and oxygen atoms in total. The average Bonchev–Trinajstić information content (AvgIpc) is 2.91. The quantitative estimate of drug-likeness (QED) is 0.381. The van der Waals surface area contributed by atoms with Crippen LogP contribution >= 0.6 is 12.4 Å². The highest BCUT2D eigenvalue weighted by Gasteiger charge is 2.31. The van der Waals surface area contributed by atoms with E-state index >= 15 is 4.39 Å². The molecule has 0 bridgehead atoms. The number of benzene rings is 2. The van der Waals surface area contributed by atoms with E-state index in [1.54, 1.807) is 4.90 Å². The minimum absolute atomic E-state index is 0. The molecule has 0 aliphatic carbocycles. The number of piperazine rings is 1. The van der Waals surface area contributed by atoms with E-state index in [9.17, 15) is 22.4 Å². The zero-order valence-electron chi connectivity index (χ0n) is 21.6. The molecular weight excluding hydrogens is 563 g/mol. The number of methoxy groups -OCH3 is 2. The van der Waals surface area contributed by atoms with Crippen molar-refractivity contribution in [3.8, 4) is 11.5 Å². The first kappa shape index (κ1) is 30.9. The summed E-state index contributed by atoms with van der Waals surface area (Å²) in [5.41, 5.74) is 6.40. The van der Waals surface area contributed by atoms with Crippen molar-refractivity contribution in [3.05, 3.63) is 47.5 Å². The Bertz CT molecular complexity index is 1340. The van der Waals surface area contributed by atoms with Gasteiger partial charge in [0.15, 0.2) is 17.3 Å². The Balaban J connectivity index is 0.00000441. The van der Waals surface area contributed by atoms with Crippen LogP contribution in [0.4, 0.5) is 33.7 Å². The third-order valence-electron chi connectivity index (χ3n) is 6.41. The molecule has 1 atom stereocenters. The molecule has 4 rings (SSSR count). The van der Waals surface area contributed by atoms with E-state index in [0.717, 1.165) is 12.1 Å². The largest absolute Gasteiger partial charge is 0.493 e. The van der Waals surface area contributed by atoms with Crippen LogP contribution in [-0.4, -0.2) is 73.9 Å². The summed E-state index contributed by atoms with van der Waals surface area (Å²) in [5.74, 6) is -1.46. The summed E-state index contributed by atoms with van der Waals surface area (Å²) < 4.78 is 77.2. The Morgan fingerprint density at radius 2 is 1.73 bits per heavy atom. The Morgan fingerprint density at radius 1 is 1.07 bits per heavy atom. The minimum Gasteiger partial charge on any atom is -0.493 e. The maximum atomic E-state index is 15.1. The van der Waals surface area contributed by atoms with Crippen LogP contribution in [0.5, 0.6) is 11.5 Å². The van der Waals surface area contributed by atoms with E-state index in [1.165, 1.54) is 37.3 Å². The molecule has 0 saturated carbocycles. The van der Waals surface area contributed by atoms with E-state index in [2.05, 4.69) is 15.3 Å². The van der Waals surface area contributed by atoms with Gasteiger partial charge in [0.1, 0.15) is 17.2 Å². The molecule has 1 aliphatic heterocycles. The number of amides is 1. The molecule has 1 amide bonds. The maximum absolute atomic E-state index is 15.1. The van der Waals surface area contributed by atoms with Crippen LogP contribution in [0.3, 0.4) is 0 Å². The zero-order chi connectivity index (χ0) is 28.3. The number of anilines is 2. The van der Waals surface area contributed by atoms with Gasteiger partial charge in [-0.3, -0.25) is 4.79 Å². The Hall–Kier alpha value is -3.65. The van der Waals surface area contributed by atoms with Gasteiger partial charge < -0.3 is 30.3 Å². The second-order valence-corrected chi connectivity index (χ2v) is 8.90. The lowest BCUT2D eigenvalue weighted by molar-refractivity contribution is -0.135. The fourth-order valence-electron chi connectivity index (χ4n) is 4.38. The monoisotopic (exact) mass is 590 g/mol. The van der Waals surface area contributed by atoms with Crippen molar-refractivity contribution >= 4 is 41.0 Å². The van der Waals surface area contributed by atoms with Crippen molar-refractivity contribution in [1.82, 2.24) is 20.2 Å². The molecule has 15 heteroatoms. The second-order valence-electron chi connectivity index (χ2n) is 8.90. The number of carbonyl (C=O) groups is 1. The van der Waals surface area contributed by atoms with Gasteiger partial charge in [-0.25, -0.2) is 13.8 Å². The van der Waals surface area contributed by atoms with Crippen LogP contribution < -0.4 is 25.4 Å². The van der Waals surface area contributed by atoms with Crippen molar-refractivity contribution in [2.24, 2.45) is 0 Å². The molecule has 1 unspecified atom stereocenters. The molecule has 3 N–H and O–H groups in total. The molecular formula is C25H28ClF5N6O3. The third-order valence-corrected chi connectivity index (χ3v) is 6.41. The summed E-state index contributed by atoms with van der Waals surface area (Å²) >= 11 is 0. The Morgan fingerprint density at radius 3 is 2.30 bits per heavy atom. The van der Waals surface area contributed by atoms with Gasteiger partial charge in [-0.1, -0.05) is 12.1 Å². The van der Waals surface area contributed by atoms with Crippen molar-refractivity contribution in [1.29, 1.82) is 0 Å². The van der Waals surface area contributed by atoms with Crippen LogP contribution in [0.15, 0.2) is 30.3 Å². The molecule has 1 fully saturated rings. The number of halogens is 6. The second kappa shape index (κ2) is 12.7. The molecule has 0 spiro atoms. The van der Waals surface area contributed by atoms with Crippen LogP contribution in [-0.2, 0) is 4.79 Å². The molecule has 40 heavy (non-hydrogen) atoms. The van der Waals surface area contributed by atoms with Crippen LogP contribution in [0.25, 0.3) is 10.9 Å². The van der Waals surface area contributed by atoms with Crippen molar-refractivity contribution in [3.63, 3.8) is 0 Å². The smallest absolute Gasteiger partial charge is 0.401 e. The van der Waals surface area contributed by atoms with Crippen LogP contribution in [0.1, 0.15) is 18.0 Å². The summed E-state index contributed by atoms with van der Waals surface area (Å²) in [6.07, 6.45) is -4.74. The van der Waals surface area contributed by atoms with Crippen LogP contribution in [0, 0.1) is 11.6 Å². The predicted molar refractivity (Wildman–Crippen MR) is 141 cm³/mol. The van der Waals surface area contributed by atoms with Crippen molar-refractivity contribution in [2.45, 2.75) is 18.6 Å². The molecule has 2 aromatic carbocycles. The molecule has 1 saturated heterocycles. The van der Waals surface area contributed by atoms with Gasteiger partial charge in [0, 0.05) is 44.0 Å². The highest BCUT2D eigenvalue weighted by atomic mass is 35.5. The lowest BCUT2D eigenvalue weighted by Crippen LogP contribution is -2.50. The summed E-state index contributed by atoms with van der Waals surface area (Å²) in [5, 5.41) is 2.60. The first-order chi connectivity index (χ1) is 18.5. The minimum atomic E-state index is -4.48. The summed E-state index contributed by atoms with van der Waals surface area (Å²) in [6.45, 7) is -0.288. The van der Waals surface area contributed by atoms with Crippen molar-refractivity contribution in [2.75, 3.05) is 57.6 Å². The summed E-state index contributed by atoms with van der Waals surface area (Å²) in [6, 6.07) is 5.47. The van der Waals surface area contributed by atoms with Gasteiger partial charge in [-0.05, 0) is 23.8 Å². The molecule has 218 valence electrons. The molecule has 2 heterocycles. The molecule has 1 aliphatic rings. The summed E-state index contributed by atoms with van der Waals surface area (Å²) in [7, 11) is 2.66. The van der Waals surface area contributed by atoms with E-state index < -0.39 is 30.4 Å². The number of hydrogen-bond acceptors (Lipinski definition) is 8. The van der Waals surface area contributed by atoms with E-state index in [1.807, 2.05) is 0 Å². The SMILES string of the molecule is COc1cc2c(N)nc(N3CCN(C(=O)CC(NCC(F)(F)F)c4ccc(F)cc4)CC3)nc2c(F)c1OC.Cl. The Labute approximate surface area is 232 Å². The maximum Gasteiger partial charge on any atom is 0.401 e. The average molecular weight is 591 g/mol. The number of nitrogens with one attached hydrogen (secondary N) is 1. The van der Waals surface area contributed by atoms with Crippen molar-refractivity contribution < 1.29 is 36.2 Å². The molecule has 1 aromatic heterocycles. The fourth-order valence-corrected chi connectivity index (χ4v) is 4.38. The van der Waals surface area contributed by atoms with Gasteiger partial charge in [0.25, 0.3) is 0 Å². The lowest BCUT2D eigenvalue weighted by atomic mass is 10.0. The number of ether oxygens (including phenoxy) is 2. The molecule has 3 aromatic rings. The van der Waals surface area contributed by atoms with Gasteiger partial charge >= 0.3 is 6.18 Å². The topological polar surface area (TPSA) is 106 Å². The highest BCUT2D eigenvalue weighted by Crippen LogP contribution is 2.37. The number of aromatic nitrogens is 2. The summed E-state index contributed by atoms with van der Waals surface area (Å²) in [4.78, 5) is 24.9. The highest BCUT2D eigenvalue weighted by molar-refractivity contribution is 5.92. The van der Waals surface area contributed by atoms with Crippen LogP contribution in [0.2, 0.25) is 0 Å². The lowest BCUT2D eigenvalue weighted by Gasteiger charge is -2.35.